The smallest absolute Gasteiger partial charge is 0.0136 e. The molecular weight excluding hydrogens is 136 g/mol. The number of nitrogens with one attached hydrogen (secondary N) is 1. The number of nitrogens with two attached hydrogens (primary N) is 1. The Morgan fingerprint density at radius 3 is 3.00 bits per heavy atom. The molecule has 11 heavy (non-hydrogen) atoms. The average molecular weight is 154 g/mol. The molecule has 3 N–H and O–H groups in total. The number of hydrogen-bond acceptors (Lipinski definition) is 2. The van der Waals surface area contributed by atoms with Gasteiger partial charge >= 0.3 is 0 Å². The van der Waals surface area contributed by atoms with E-state index in [-0.39, 0.29) is 0 Å². The molecule has 0 amide bonds. The second-order valence-corrected chi connectivity index (χ2v) is 3.96. The second-order valence-electron chi connectivity index (χ2n) is 3.96. The highest BCUT2D eigenvalue weighted by Crippen LogP contribution is 2.35. The molecule has 0 radical (unpaired) electrons. The van der Waals surface area contributed by atoms with Gasteiger partial charge in [-0.05, 0) is 50.6 Å². The number of fused-ring (bicyclic) bond motifs is 1. The van der Waals surface area contributed by atoms with E-state index in [1.807, 2.05) is 0 Å². The van der Waals surface area contributed by atoms with Crippen LogP contribution in [0.1, 0.15) is 25.7 Å². The molecule has 2 rings (SSSR count). The third-order valence-corrected chi connectivity index (χ3v) is 3.36. The van der Waals surface area contributed by atoms with Crippen LogP contribution in [0.5, 0.6) is 0 Å². The predicted molar refractivity (Wildman–Crippen MR) is 46.3 cm³/mol. The van der Waals surface area contributed by atoms with E-state index in [9.17, 15) is 0 Å². The van der Waals surface area contributed by atoms with Gasteiger partial charge in [0.05, 0.1) is 0 Å². The summed E-state index contributed by atoms with van der Waals surface area (Å²) in [5, 5.41) is 3.60. The third-order valence-electron chi connectivity index (χ3n) is 3.36. The van der Waals surface area contributed by atoms with Gasteiger partial charge in [0.1, 0.15) is 0 Å². The zero-order valence-electron chi connectivity index (χ0n) is 7.05. The minimum absolute atomic E-state index is 0.772. The largest absolute Gasteiger partial charge is 0.330 e. The third kappa shape index (κ3) is 1.30. The van der Waals surface area contributed by atoms with Crippen LogP contribution in [0.2, 0.25) is 0 Å². The van der Waals surface area contributed by atoms with Crippen LogP contribution in [-0.4, -0.2) is 19.1 Å². The maximum Gasteiger partial charge on any atom is 0.0136 e. The van der Waals surface area contributed by atoms with Crippen LogP contribution in [-0.2, 0) is 0 Å². The first kappa shape index (κ1) is 7.56. The Hall–Kier alpha value is -0.0800. The molecule has 3 unspecified atom stereocenters. The Kier molecular flexibility index (Phi) is 2.14. The first-order valence-corrected chi connectivity index (χ1v) is 4.85. The predicted octanol–water partition coefficient (Wildman–Crippen LogP) is 0.723. The molecule has 0 aromatic rings. The lowest BCUT2D eigenvalue weighted by Crippen LogP contribution is -2.43. The first-order chi connectivity index (χ1) is 5.42. The van der Waals surface area contributed by atoms with E-state index in [0.717, 1.165) is 24.4 Å². The van der Waals surface area contributed by atoms with Crippen LogP contribution in [0.4, 0.5) is 0 Å². The molecule has 1 aliphatic carbocycles. The van der Waals surface area contributed by atoms with Gasteiger partial charge in [0.2, 0.25) is 0 Å². The van der Waals surface area contributed by atoms with Crippen molar-refractivity contribution < 1.29 is 0 Å². The van der Waals surface area contributed by atoms with Gasteiger partial charge < -0.3 is 11.1 Å². The lowest BCUT2D eigenvalue weighted by Gasteiger charge is -2.30. The van der Waals surface area contributed by atoms with Crippen molar-refractivity contribution in [2.75, 3.05) is 13.1 Å². The first-order valence-electron chi connectivity index (χ1n) is 4.85. The summed E-state index contributed by atoms with van der Waals surface area (Å²) >= 11 is 0. The van der Waals surface area contributed by atoms with Crippen molar-refractivity contribution in [1.82, 2.24) is 5.32 Å². The zero-order valence-corrected chi connectivity index (χ0v) is 7.05. The van der Waals surface area contributed by atoms with Gasteiger partial charge in [-0.2, -0.15) is 0 Å². The van der Waals surface area contributed by atoms with Gasteiger partial charge in [-0.15, -0.1) is 0 Å². The molecule has 1 saturated carbocycles. The van der Waals surface area contributed by atoms with Gasteiger partial charge in [-0.1, -0.05) is 0 Å². The Morgan fingerprint density at radius 2 is 2.18 bits per heavy atom. The summed E-state index contributed by atoms with van der Waals surface area (Å²) in [4.78, 5) is 0. The summed E-state index contributed by atoms with van der Waals surface area (Å²) in [5.41, 5.74) is 5.70. The van der Waals surface area contributed by atoms with Gasteiger partial charge in [-0.25, -0.2) is 0 Å². The molecule has 2 fully saturated rings. The molecule has 2 heteroatoms. The molecule has 1 heterocycles. The Labute approximate surface area is 68.5 Å². The summed E-state index contributed by atoms with van der Waals surface area (Å²) in [6.07, 6.45) is 5.59. The summed E-state index contributed by atoms with van der Waals surface area (Å²) in [6, 6.07) is 0.772. The number of hydrogen-bond donors (Lipinski definition) is 2. The van der Waals surface area contributed by atoms with Gasteiger partial charge in [0.25, 0.3) is 0 Å². The highest BCUT2D eigenvalue weighted by atomic mass is 15.0. The van der Waals surface area contributed by atoms with Crippen LogP contribution in [0.3, 0.4) is 0 Å². The maximum atomic E-state index is 5.70. The normalized spacial score (nSPS) is 43.9. The van der Waals surface area contributed by atoms with Crippen molar-refractivity contribution in [1.29, 1.82) is 0 Å². The highest BCUT2D eigenvalue weighted by Gasteiger charge is 2.36. The SMILES string of the molecule is NCC1CCC2CCCNC12. The molecule has 64 valence electrons. The molecule has 0 aromatic heterocycles. The minimum Gasteiger partial charge on any atom is -0.330 e. The van der Waals surface area contributed by atoms with Crippen molar-refractivity contribution >= 4 is 0 Å². The standard InChI is InChI=1S/C9H18N2/c10-6-8-4-3-7-2-1-5-11-9(7)8/h7-9,11H,1-6,10H2. The van der Waals surface area contributed by atoms with Crippen LogP contribution in [0.15, 0.2) is 0 Å². The molecular formula is C9H18N2. The van der Waals surface area contributed by atoms with Crippen molar-refractivity contribution in [3.63, 3.8) is 0 Å². The Balaban J connectivity index is 1.98. The van der Waals surface area contributed by atoms with Crippen LogP contribution in [0, 0.1) is 11.8 Å². The van der Waals surface area contributed by atoms with E-state index >= 15 is 0 Å². The van der Waals surface area contributed by atoms with E-state index in [2.05, 4.69) is 5.32 Å². The topological polar surface area (TPSA) is 38.0 Å². The number of piperidine rings is 1. The molecule has 2 aliphatic rings. The minimum atomic E-state index is 0.772. The monoisotopic (exact) mass is 154 g/mol. The van der Waals surface area contributed by atoms with Gasteiger partial charge in [0.15, 0.2) is 0 Å². The van der Waals surface area contributed by atoms with Crippen molar-refractivity contribution in [2.45, 2.75) is 31.7 Å². The van der Waals surface area contributed by atoms with Gasteiger partial charge in [0, 0.05) is 6.04 Å². The quantitative estimate of drug-likeness (QED) is 0.584. The lowest BCUT2D eigenvalue weighted by molar-refractivity contribution is 0.278. The molecule has 1 saturated heterocycles. The van der Waals surface area contributed by atoms with E-state index < -0.39 is 0 Å². The fourth-order valence-corrected chi connectivity index (χ4v) is 2.73. The van der Waals surface area contributed by atoms with Crippen LogP contribution >= 0.6 is 0 Å². The van der Waals surface area contributed by atoms with E-state index in [1.165, 1.54) is 32.2 Å². The number of rotatable bonds is 1. The van der Waals surface area contributed by atoms with Crippen LogP contribution in [0.25, 0.3) is 0 Å². The molecule has 0 aromatic carbocycles. The summed E-state index contributed by atoms with van der Waals surface area (Å²) in [6.45, 7) is 2.10. The summed E-state index contributed by atoms with van der Waals surface area (Å²) in [5.74, 6) is 1.73. The Bertz CT molecular complexity index is 130. The molecule has 1 aliphatic heterocycles. The summed E-state index contributed by atoms with van der Waals surface area (Å²) < 4.78 is 0. The van der Waals surface area contributed by atoms with E-state index in [0.29, 0.717) is 0 Å². The highest BCUT2D eigenvalue weighted by molar-refractivity contribution is 4.92. The molecule has 0 spiro atoms. The molecule has 3 atom stereocenters. The maximum absolute atomic E-state index is 5.70. The molecule has 2 nitrogen and oxygen atoms in total. The molecule has 0 bridgehead atoms. The Morgan fingerprint density at radius 1 is 1.27 bits per heavy atom. The lowest BCUT2D eigenvalue weighted by atomic mass is 9.90. The fraction of sp³-hybridized carbons (Fsp3) is 1.00. The van der Waals surface area contributed by atoms with Crippen molar-refractivity contribution in [3.8, 4) is 0 Å². The van der Waals surface area contributed by atoms with Crippen molar-refractivity contribution in [2.24, 2.45) is 17.6 Å². The fourth-order valence-electron chi connectivity index (χ4n) is 2.73. The second kappa shape index (κ2) is 3.11. The zero-order chi connectivity index (χ0) is 7.68. The van der Waals surface area contributed by atoms with Crippen LogP contribution < -0.4 is 11.1 Å². The van der Waals surface area contributed by atoms with Gasteiger partial charge in [-0.3, -0.25) is 0 Å². The van der Waals surface area contributed by atoms with E-state index in [1.54, 1.807) is 0 Å². The summed E-state index contributed by atoms with van der Waals surface area (Å²) in [7, 11) is 0. The van der Waals surface area contributed by atoms with Crippen molar-refractivity contribution in [3.05, 3.63) is 0 Å². The average Bonchev–Trinajstić information content (AvgIpc) is 2.47. The van der Waals surface area contributed by atoms with E-state index in [4.69, 9.17) is 5.73 Å².